The predicted molar refractivity (Wildman–Crippen MR) is 146 cm³/mol. The third-order valence-corrected chi connectivity index (χ3v) is 6.50. The fourth-order valence-corrected chi connectivity index (χ4v) is 4.50. The number of pyridine rings is 1. The van der Waals surface area contributed by atoms with E-state index in [1.165, 1.54) is 11.7 Å². The second kappa shape index (κ2) is 9.49. The summed E-state index contributed by atoms with van der Waals surface area (Å²) in [5.74, 6) is -0.738. The van der Waals surface area contributed by atoms with Gasteiger partial charge in [-0.15, -0.1) is 0 Å². The Morgan fingerprint density at radius 3 is 2.69 bits per heavy atom. The number of methoxy groups -OCH3 is 1. The van der Waals surface area contributed by atoms with Crippen LogP contribution in [0.4, 0.5) is 5.69 Å². The molecule has 0 aliphatic rings. The minimum Gasteiger partial charge on any atom is -0.495 e. The topological polar surface area (TPSA) is 128 Å². The van der Waals surface area contributed by atoms with Crippen LogP contribution in [-0.2, 0) is 16.6 Å². The van der Waals surface area contributed by atoms with E-state index in [0.29, 0.717) is 33.7 Å². The Balaban J connectivity index is 1.17. The summed E-state index contributed by atoms with van der Waals surface area (Å²) in [7, 11) is 3.16. The Bertz CT molecular complexity index is 1970. The van der Waals surface area contributed by atoms with Gasteiger partial charge in [-0.25, -0.2) is 14.6 Å². The van der Waals surface area contributed by atoms with Gasteiger partial charge < -0.3 is 19.2 Å². The average molecular weight is 523 g/mol. The van der Waals surface area contributed by atoms with E-state index in [0.717, 1.165) is 21.9 Å². The monoisotopic (exact) mass is 522 g/mol. The molecule has 0 atom stereocenters. The smallest absolute Gasteiger partial charge is 0.338 e. The van der Waals surface area contributed by atoms with Gasteiger partial charge in [-0.05, 0) is 35.9 Å². The molecule has 3 aromatic heterocycles. The molecule has 10 nitrogen and oxygen atoms in total. The lowest BCUT2D eigenvalue weighted by Crippen LogP contribution is -2.21. The van der Waals surface area contributed by atoms with Crippen molar-refractivity contribution >= 4 is 50.7 Å². The third-order valence-electron chi connectivity index (χ3n) is 6.50. The van der Waals surface area contributed by atoms with E-state index in [-0.39, 0.29) is 11.3 Å². The number of ether oxygens (including phenoxy) is 2. The number of nitrogens with zero attached hydrogens (tertiary/aromatic N) is 2. The van der Waals surface area contributed by atoms with Gasteiger partial charge in [0, 0.05) is 35.6 Å². The van der Waals surface area contributed by atoms with Gasteiger partial charge in [-0.3, -0.25) is 14.3 Å². The Labute approximate surface area is 220 Å². The van der Waals surface area contributed by atoms with Gasteiger partial charge in [0.2, 0.25) is 0 Å². The minimum atomic E-state index is -0.658. The Morgan fingerprint density at radius 2 is 1.85 bits per heavy atom. The number of nitrogens with one attached hydrogen (secondary N) is 2. The minimum absolute atomic E-state index is 0.264. The van der Waals surface area contributed by atoms with Crippen LogP contribution in [0.2, 0.25) is 0 Å². The van der Waals surface area contributed by atoms with Crippen LogP contribution in [0.25, 0.3) is 44.2 Å². The number of fused-ring (bicyclic) bond motifs is 4. The summed E-state index contributed by atoms with van der Waals surface area (Å²) in [5, 5.41) is 4.52. The highest BCUT2D eigenvalue weighted by Crippen LogP contribution is 2.36. The number of esters is 1. The number of anilines is 1. The zero-order valence-corrected chi connectivity index (χ0v) is 21.0. The fraction of sp³-hybridized carbons (Fsp3) is 0.103. The largest absolute Gasteiger partial charge is 0.495 e. The van der Waals surface area contributed by atoms with Gasteiger partial charge in [-0.2, -0.15) is 0 Å². The molecule has 0 saturated heterocycles. The molecule has 0 spiro atoms. The van der Waals surface area contributed by atoms with E-state index in [2.05, 4.69) is 15.3 Å². The highest BCUT2D eigenvalue weighted by molar-refractivity contribution is 6.08. The highest BCUT2D eigenvalue weighted by Gasteiger charge is 2.16. The number of carbonyl (C=O) groups is 2. The molecule has 6 aromatic rings. The van der Waals surface area contributed by atoms with Crippen molar-refractivity contribution in [2.24, 2.45) is 7.05 Å². The van der Waals surface area contributed by atoms with Gasteiger partial charge in [0.15, 0.2) is 12.3 Å². The molecule has 3 heterocycles. The maximum Gasteiger partial charge on any atom is 0.338 e. The van der Waals surface area contributed by atoms with Crippen LogP contribution >= 0.6 is 0 Å². The van der Waals surface area contributed by atoms with Gasteiger partial charge in [0.25, 0.3) is 5.91 Å². The van der Waals surface area contributed by atoms with Crippen molar-refractivity contribution < 1.29 is 23.5 Å². The number of aromatic nitrogens is 3. The Morgan fingerprint density at radius 1 is 1.00 bits per heavy atom. The molecule has 2 N–H and O–H groups in total. The Hall–Kier alpha value is -5.38. The first-order chi connectivity index (χ1) is 18.9. The summed E-state index contributed by atoms with van der Waals surface area (Å²) in [4.78, 5) is 44.2. The van der Waals surface area contributed by atoms with Crippen LogP contribution in [0.5, 0.6) is 5.75 Å². The molecule has 39 heavy (non-hydrogen) atoms. The van der Waals surface area contributed by atoms with E-state index >= 15 is 0 Å². The van der Waals surface area contributed by atoms with Crippen molar-refractivity contribution in [3.8, 4) is 16.9 Å². The molecule has 0 unspecified atom stereocenters. The number of carbonyl (C=O) groups excluding carboxylic acids is 2. The number of aryl methyl sites for hydroxylation is 1. The van der Waals surface area contributed by atoms with E-state index in [4.69, 9.17) is 13.9 Å². The molecule has 0 saturated carbocycles. The summed E-state index contributed by atoms with van der Waals surface area (Å²) in [6.07, 6.45) is 1.61. The summed E-state index contributed by atoms with van der Waals surface area (Å²) >= 11 is 0. The first kappa shape index (κ1) is 24.0. The second-order valence-electron chi connectivity index (χ2n) is 8.93. The lowest BCUT2D eigenvalue weighted by molar-refractivity contribution is -0.119. The molecule has 0 bridgehead atoms. The van der Waals surface area contributed by atoms with Crippen molar-refractivity contribution in [2.45, 2.75) is 0 Å². The SMILES string of the molecule is COc1cc2c(cc1NC(=O)COC(=O)c1cccc(-c3cnc4[nH]c(=O)n(C)c4c3)c1)oc1ccccc12. The molecule has 0 fully saturated rings. The van der Waals surface area contributed by atoms with Crippen molar-refractivity contribution in [1.29, 1.82) is 0 Å². The number of hydrogen-bond donors (Lipinski definition) is 2. The second-order valence-corrected chi connectivity index (χ2v) is 8.93. The first-order valence-electron chi connectivity index (χ1n) is 12.0. The first-order valence-corrected chi connectivity index (χ1v) is 12.0. The number of H-pyrrole nitrogens is 1. The average Bonchev–Trinajstić information content (AvgIpc) is 3.46. The number of para-hydroxylation sites is 1. The molecule has 3 aromatic carbocycles. The van der Waals surface area contributed by atoms with E-state index in [1.54, 1.807) is 43.6 Å². The van der Waals surface area contributed by atoms with Crippen molar-refractivity contribution in [3.05, 3.63) is 89.0 Å². The maximum atomic E-state index is 12.7. The predicted octanol–water partition coefficient (Wildman–Crippen LogP) is 4.63. The molecular formula is C29H22N4O6. The van der Waals surface area contributed by atoms with Crippen LogP contribution < -0.4 is 15.7 Å². The van der Waals surface area contributed by atoms with Crippen molar-refractivity contribution in [1.82, 2.24) is 14.5 Å². The summed E-state index contributed by atoms with van der Waals surface area (Å²) in [6.45, 7) is -0.497. The number of rotatable bonds is 6. The lowest BCUT2D eigenvalue weighted by Gasteiger charge is -2.11. The van der Waals surface area contributed by atoms with Crippen molar-refractivity contribution in [2.75, 3.05) is 19.0 Å². The van der Waals surface area contributed by atoms with E-state index < -0.39 is 18.5 Å². The quantitative estimate of drug-likeness (QED) is 0.305. The normalized spacial score (nSPS) is 11.2. The summed E-state index contributed by atoms with van der Waals surface area (Å²) in [5.41, 5.74) is 4.26. The highest BCUT2D eigenvalue weighted by atomic mass is 16.5. The van der Waals surface area contributed by atoms with E-state index in [1.807, 2.05) is 36.4 Å². The molecule has 194 valence electrons. The van der Waals surface area contributed by atoms with Crippen LogP contribution in [0.1, 0.15) is 10.4 Å². The van der Waals surface area contributed by atoms with Gasteiger partial charge in [0.1, 0.15) is 16.9 Å². The molecule has 10 heteroatoms. The van der Waals surface area contributed by atoms with E-state index in [9.17, 15) is 14.4 Å². The molecule has 0 radical (unpaired) electrons. The molecule has 0 aliphatic heterocycles. The Kier molecular flexibility index (Phi) is 5.84. The van der Waals surface area contributed by atoms with Gasteiger partial charge in [0.05, 0.1) is 23.9 Å². The van der Waals surface area contributed by atoms with Crippen LogP contribution in [0.15, 0.2) is 82.1 Å². The fourth-order valence-electron chi connectivity index (χ4n) is 4.50. The molecule has 1 amide bonds. The standard InChI is InChI=1S/C29H22N4O6/c1-33-22-11-18(14-30-27(22)32-29(33)36)16-6-5-7-17(10-16)28(35)38-15-26(34)31-21-13-24-20(12-25(21)37-2)19-8-3-4-9-23(19)39-24/h3-14H,15H2,1-2H3,(H,31,34)(H,30,32,36). The molecule has 6 rings (SSSR count). The summed E-state index contributed by atoms with van der Waals surface area (Å²) < 4.78 is 18.1. The number of benzene rings is 3. The van der Waals surface area contributed by atoms with Crippen molar-refractivity contribution in [3.63, 3.8) is 0 Å². The van der Waals surface area contributed by atoms with Gasteiger partial charge >= 0.3 is 11.7 Å². The zero-order chi connectivity index (χ0) is 27.1. The maximum absolute atomic E-state index is 12.7. The number of amides is 1. The molecular weight excluding hydrogens is 500 g/mol. The summed E-state index contributed by atoms with van der Waals surface area (Å²) in [6, 6.07) is 19.7. The van der Waals surface area contributed by atoms with Crippen LogP contribution in [0, 0.1) is 0 Å². The number of hydrogen-bond acceptors (Lipinski definition) is 7. The molecule has 0 aliphatic carbocycles. The van der Waals surface area contributed by atoms with Crippen LogP contribution in [-0.4, -0.2) is 40.1 Å². The third kappa shape index (κ3) is 4.37. The number of imidazole rings is 1. The lowest BCUT2D eigenvalue weighted by atomic mass is 10.0. The van der Waals surface area contributed by atoms with Gasteiger partial charge in [-0.1, -0.05) is 30.3 Å². The number of aromatic amines is 1. The zero-order valence-electron chi connectivity index (χ0n) is 21.0. The number of furan rings is 1. The van der Waals surface area contributed by atoms with Crippen LogP contribution in [0.3, 0.4) is 0 Å².